The summed E-state index contributed by atoms with van der Waals surface area (Å²) in [7, 11) is 2.15. The quantitative estimate of drug-likeness (QED) is 0.512. The number of hydrogen-bond donors (Lipinski definition) is 2. The van der Waals surface area contributed by atoms with Gasteiger partial charge in [-0.1, -0.05) is 26.2 Å². The molecule has 2 N–H and O–H groups in total. The van der Waals surface area contributed by atoms with E-state index in [0.717, 1.165) is 65.0 Å². The molecule has 0 atom stereocenters. The third-order valence-electron chi connectivity index (χ3n) is 5.67. The Hall–Kier alpha value is -0.850. The molecule has 6 nitrogen and oxygen atoms in total. The van der Waals surface area contributed by atoms with Crippen LogP contribution in [0.5, 0.6) is 0 Å². The Kier molecular flexibility index (Phi) is 8.99. The lowest BCUT2D eigenvalue weighted by Crippen LogP contribution is -2.56. The highest BCUT2D eigenvalue weighted by Gasteiger charge is 2.38. The lowest BCUT2D eigenvalue weighted by atomic mass is 9.80. The topological polar surface area (TPSA) is 52.1 Å². The summed E-state index contributed by atoms with van der Waals surface area (Å²) >= 11 is 0. The summed E-state index contributed by atoms with van der Waals surface area (Å²) in [5.74, 6) is 0.963. The van der Waals surface area contributed by atoms with Crippen LogP contribution < -0.4 is 10.6 Å². The molecule has 2 aliphatic rings. The number of aliphatic imine (C=N–C) groups is 1. The van der Waals surface area contributed by atoms with Crippen LogP contribution >= 0.6 is 0 Å². The lowest BCUT2D eigenvalue weighted by Gasteiger charge is -2.47. The van der Waals surface area contributed by atoms with Crippen molar-refractivity contribution in [2.75, 3.05) is 66.1 Å². The molecule has 2 rings (SSSR count). The van der Waals surface area contributed by atoms with Gasteiger partial charge < -0.3 is 20.3 Å². The van der Waals surface area contributed by atoms with E-state index in [2.05, 4.69) is 41.3 Å². The van der Waals surface area contributed by atoms with Gasteiger partial charge in [0.05, 0.1) is 19.8 Å². The predicted octanol–water partition coefficient (Wildman–Crippen LogP) is 1.53. The van der Waals surface area contributed by atoms with E-state index in [1.165, 1.54) is 32.1 Å². The van der Waals surface area contributed by atoms with Gasteiger partial charge in [-0.05, 0) is 33.4 Å². The van der Waals surface area contributed by atoms with Crippen LogP contribution in [0.4, 0.5) is 0 Å². The molecule has 6 heteroatoms. The molecule has 1 aliphatic heterocycles. The van der Waals surface area contributed by atoms with E-state index in [9.17, 15) is 0 Å². The molecule has 0 amide bonds. The molecule has 1 saturated carbocycles. The molecule has 0 aromatic rings. The smallest absolute Gasteiger partial charge is 0.191 e. The van der Waals surface area contributed by atoms with E-state index in [0.29, 0.717) is 0 Å². The van der Waals surface area contributed by atoms with Gasteiger partial charge in [-0.2, -0.15) is 0 Å². The fourth-order valence-corrected chi connectivity index (χ4v) is 3.91. The Balaban J connectivity index is 1.97. The summed E-state index contributed by atoms with van der Waals surface area (Å²) in [5.41, 5.74) is 0.241. The Labute approximate surface area is 154 Å². The predicted molar refractivity (Wildman–Crippen MR) is 105 cm³/mol. The average Bonchev–Trinajstić information content (AvgIpc) is 2.67. The maximum absolute atomic E-state index is 5.58. The van der Waals surface area contributed by atoms with Crippen LogP contribution in [0.3, 0.4) is 0 Å². The minimum Gasteiger partial charge on any atom is -0.379 e. The van der Waals surface area contributed by atoms with Gasteiger partial charge >= 0.3 is 0 Å². The van der Waals surface area contributed by atoms with Crippen molar-refractivity contribution in [2.45, 2.75) is 51.5 Å². The Morgan fingerprint density at radius 2 is 1.84 bits per heavy atom. The normalized spacial score (nSPS) is 22.2. The standard InChI is InChI=1S/C19H39N5O/c1-4-20-18(21-11-12-23(3)5-2)22-17-19(9-7-6-8-10-19)24-13-15-25-16-14-24/h4-17H2,1-3H3,(H2,20,21,22). The first-order chi connectivity index (χ1) is 12.2. The SMILES string of the molecule is CCNC(=NCC1(N2CCOCC2)CCCCC1)NCCN(C)CC. The highest BCUT2D eigenvalue weighted by Crippen LogP contribution is 2.34. The van der Waals surface area contributed by atoms with Crippen LogP contribution in [-0.2, 0) is 4.74 Å². The van der Waals surface area contributed by atoms with Crippen LogP contribution in [0, 0.1) is 0 Å². The Morgan fingerprint density at radius 3 is 2.48 bits per heavy atom. The van der Waals surface area contributed by atoms with Crippen LogP contribution in [0.25, 0.3) is 0 Å². The van der Waals surface area contributed by atoms with Crippen molar-refractivity contribution in [1.29, 1.82) is 0 Å². The molecule has 2 fully saturated rings. The van der Waals surface area contributed by atoms with Gasteiger partial charge in [0.15, 0.2) is 5.96 Å². The zero-order valence-corrected chi connectivity index (χ0v) is 16.6. The van der Waals surface area contributed by atoms with Crippen molar-refractivity contribution >= 4 is 5.96 Å². The number of rotatable bonds is 8. The first-order valence-electron chi connectivity index (χ1n) is 10.2. The summed E-state index contributed by atoms with van der Waals surface area (Å²) in [6.45, 7) is 13.0. The molecule has 1 heterocycles. The van der Waals surface area contributed by atoms with E-state index in [4.69, 9.17) is 9.73 Å². The Bertz CT molecular complexity index is 389. The maximum Gasteiger partial charge on any atom is 0.191 e. The molecule has 0 radical (unpaired) electrons. The molecule has 0 aromatic carbocycles. The molecule has 146 valence electrons. The largest absolute Gasteiger partial charge is 0.379 e. The van der Waals surface area contributed by atoms with Gasteiger partial charge in [0.1, 0.15) is 0 Å². The second-order valence-corrected chi connectivity index (χ2v) is 7.40. The highest BCUT2D eigenvalue weighted by atomic mass is 16.5. The summed E-state index contributed by atoms with van der Waals surface area (Å²) in [4.78, 5) is 9.97. The zero-order chi connectivity index (χ0) is 18.0. The molecule has 1 aliphatic carbocycles. The Morgan fingerprint density at radius 1 is 1.12 bits per heavy atom. The maximum atomic E-state index is 5.58. The zero-order valence-electron chi connectivity index (χ0n) is 16.6. The van der Waals surface area contributed by atoms with Gasteiger partial charge in [0.25, 0.3) is 0 Å². The molecular weight excluding hydrogens is 314 g/mol. The van der Waals surface area contributed by atoms with Gasteiger partial charge in [0, 0.05) is 38.3 Å². The number of likely N-dealkylation sites (N-methyl/N-ethyl adjacent to an activating group) is 1. The minimum absolute atomic E-state index is 0.241. The summed E-state index contributed by atoms with van der Waals surface area (Å²) < 4.78 is 5.58. The van der Waals surface area contributed by atoms with Crippen molar-refractivity contribution in [3.8, 4) is 0 Å². The van der Waals surface area contributed by atoms with E-state index in [1.54, 1.807) is 0 Å². The lowest BCUT2D eigenvalue weighted by molar-refractivity contribution is -0.0333. The van der Waals surface area contributed by atoms with Crippen LogP contribution in [-0.4, -0.2) is 87.4 Å². The van der Waals surface area contributed by atoms with Crippen molar-refractivity contribution in [3.05, 3.63) is 0 Å². The monoisotopic (exact) mass is 353 g/mol. The summed E-state index contributed by atoms with van der Waals surface area (Å²) in [5, 5.41) is 6.91. The van der Waals surface area contributed by atoms with Gasteiger partial charge in [0.2, 0.25) is 0 Å². The van der Waals surface area contributed by atoms with Gasteiger partial charge in [-0.25, -0.2) is 0 Å². The van der Waals surface area contributed by atoms with Crippen LogP contribution in [0.2, 0.25) is 0 Å². The molecule has 25 heavy (non-hydrogen) atoms. The molecule has 0 spiro atoms. The molecule has 0 bridgehead atoms. The fraction of sp³-hybridized carbons (Fsp3) is 0.947. The number of nitrogens with one attached hydrogen (secondary N) is 2. The second kappa shape index (κ2) is 11.0. The van der Waals surface area contributed by atoms with Crippen LogP contribution in [0.15, 0.2) is 4.99 Å². The third-order valence-corrected chi connectivity index (χ3v) is 5.67. The van der Waals surface area contributed by atoms with Crippen molar-refractivity contribution in [2.24, 2.45) is 4.99 Å². The minimum atomic E-state index is 0.241. The van der Waals surface area contributed by atoms with E-state index < -0.39 is 0 Å². The molecule has 0 unspecified atom stereocenters. The molecular formula is C19H39N5O. The number of nitrogens with zero attached hydrogens (tertiary/aromatic N) is 3. The van der Waals surface area contributed by atoms with E-state index >= 15 is 0 Å². The molecule has 1 saturated heterocycles. The first kappa shape index (κ1) is 20.5. The second-order valence-electron chi connectivity index (χ2n) is 7.40. The molecule has 0 aromatic heterocycles. The fourth-order valence-electron chi connectivity index (χ4n) is 3.91. The summed E-state index contributed by atoms with van der Waals surface area (Å²) in [6.07, 6.45) is 6.58. The highest BCUT2D eigenvalue weighted by molar-refractivity contribution is 5.79. The van der Waals surface area contributed by atoms with Gasteiger partial charge in [-0.15, -0.1) is 0 Å². The van der Waals surface area contributed by atoms with E-state index in [1.807, 2.05) is 0 Å². The number of hydrogen-bond acceptors (Lipinski definition) is 4. The first-order valence-corrected chi connectivity index (χ1v) is 10.2. The van der Waals surface area contributed by atoms with Gasteiger partial charge in [-0.3, -0.25) is 9.89 Å². The van der Waals surface area contributed by atoms with Crippen molar-refractivity contribution in [3.63, 3.8) is 0 Å². The summed E-state index contributed by atoms with van der Waals surface area (Å²) in [6, 6.07) is 0. The van der Waals surface area contributed by atoms with Crippen molar-refractivity contribution in [1.82, 2.24) is 20.4 Å². The number of ether oxygens (including phenoxy) is 1. The number of morpholine rings is 1. The third kappa shape index (κ3) is 6.42. The average molecular weight is 354 g/mol. The van der Waals surface area contributed by atoms with Crippen LogP contribution in [0.1, 0.15) is 46.0 Å². The number of guanidine groups is 1. The van der Waals surface area contributed by atoms with E-state index in [-0.39, 0.29) is 5.54 Å². The van der Waals surface area contributed by atoms with Crippen molar-refractivity contribution < 1.29 is 4.74 Å².